The first kappa shape index (κ1) is 14.8. The molecule has 1 saturated heterocycles. The molecule has 0 N–H and O–H groups in total. The summed E-state index contributed by atoms with van der Waals surface area (Å²) in [6.07, 6.45) is 0. The number of tetrazole rings is 1. The van der Waals surface area contributed by atoms with Crippen molar-refractivity contribution >= 4 is 5.95 Å². The van der Waals surface area contributed by atoms with Crippen LogP contribution in [-0.2, 0) is 10.3 Å². The number of ether oxygens (including phenoxy) is 1. The first-order valence-corrected chi connectivity index (χ1v) is 8.04. The molecular formula is C18H19N5O. The predicted octanol–water partition coefficient (Wildman–Crippen LogP) is 2.41. The van der Waals surface area contributed by atoms with Gasteiger partial charge in [0.1, 0.15) is 5.60 Å². The highest BCUT2D eigenvalue weighted by molar-refractivity contribution is 5.42. The zero-order valence-electron chi connectivity index (χ0n) is 13.5. The van der Waals surface area contributed by atoms with Crippen LogP contribution in [0.1, 0.15) is 12.5 Å². The summed E-state index contributed by atoms with van der Waals surface area (Å²) >= 11 is 0. The van der Waals surface area contributed by atoms with Gasteiger partial charge in [-0.15, -0.1) is 0 Å². The second kappa shape index (κ2) is 6.05. The van der Waals surface area contributed by atoms with Crippen molar-refractivity contribution in [2.24, 2.45) is 0 Å². The molecule has 0 bridgehead atoms. The summed E-state index contributed by atoms with van der Waals surface area (Å²) < 4.78 is 7.88. The van der Waals surface area contributed by atoms with Crippen molar-refractivity contribution in [3.05, 3.63) is 66.2 Å². The highest BCUT2D eigenvalue weighted by Gasteiger charge is 2.35. The Morgan fingerprint density at radius 1 is 1.00 bits per heavy atom. The van der Waals surface area contributed by atoms with E-state index in [1.165, 1.54) is 0 Å². The molecule has 0 amide bonds. The number of anilines is 1. The van der Waals surface area contributed by atoms with Gasteiger partial charge in [-0.05, 0) is 35.0 Å². The number of aromatic nitrogens is 4. The van der Waals surface area contributed by atoms with Crippen molar-refractivity contribution in [1.82, 2.24) is 20.2 Å². The fourth-order valence-corrected chi connectivity index (χ4v) is 3.12. The molecule has 1 fully saturated rings. The Labute approximate surface area is 140 Å². The lowest BCUT2D eigenvalue weighted by Gasteiger charge is -2.40. The molecule has 0 saturated carbocycles. The second-order valence-electron chi connectivity index (χ2n) is 6.09. The monoisotopic (exact) mass is 321 g/mol. The van der Waals surface area contributed by atoms with Crippen LogP contribution in [-0.4, -0.2) is 39.9 Å². The molecule has 6 nitrogen and oxygen atoms in total. The van der Waals surface area contributed by atoms with Crippen LogP contribution < -0.4 is 4.90 Å². The third kappa shape index (κ3) is 2.65. The van der Waals surface area contributed by atoms with E-state index in [1.807, 2.05) is 48.5 Å². The van der Waals surface area contributed by atoms with Crippen LogP contribution in [0.3, 0.4) is 0 Å². The van der Waals surface area contributed by atoms with Gasteiger partial charge in [0.2, 0.25) is 0 Å². The van der Waals surface area contributed by atoms with Crippen LogP contribution in [0.15, 0.2) is 60.7 Å². The summed E-state index contributed by atoms with van der Waals surface area (Å²) in [4.78, 5) is 2.18. The van der Waals surface area contributed by atoms with Gasteiger partial charge in [-0.1, -0.05) is 53.6 Å². The second-order valence-corrected chi connectivity index (χ2v) is 6.09. The van der Waals surface area contributed by atoms with Gasteiger partial charge in [-0.25, -0.2) is 0 Å². The molecule has 1 atom stereocenters. The Morgan fingerprint density at radius 3 is 2.46 bits per heavy atom. The van der Waals surface area contributed by atoms with Crippen molar-refractivity contribution in [2.45, 2.75) is 12.5 Å². The molecule has 1 unspecified atom stereocenters. The van der Waals surface area contributed by atoms with Gasteiger partial charge < -0.3 is 9.64 Å². The van der Waals surface area contributed by atoms with Crippen LogP contribution >= 0.6 is 0 Å². The molecule has 24 heavy (non-hydrogen) atoms. The van der Waals surface area contributed by atoms with E-state index >= 15 is 0 Å². The number of para-hydroxylation sites is 1. The van der Waals surface area contributed by atoms with Gasteiger partial charge in [-0.3, -0.25) is 0 Å². The lowest BCUT2D eigenvalue weighted by atomic mass is 9.94. The highest BCUT2D eigenvalue weighted by Crippen LogP contribution is 2.31. The van der Waals surface area contributed by atoms with Gasteiger partial charge in [0, 0.05) is 6.54 Å². The molecule has 122 valence electrons. The zero-order valence-corrected chi connectivity index (χ0v) is 13.5. The number of nitrogens with zero attached hydrogens (tertiary/aromatic N) is 5. The molecular weight excluding hydrogens is 302 g/mol. The summed E-state index contributed by atoms with van der Waals surface area (Å²) in [5, 5.41) is 12.3. The third-order valence-electron chi connectivity index (χ3n) is 4.40. The Hall–Kier alpha value is -2.73. The van der Waals surface area contributed by atoms with Crippen molar-refractivity contribution < 1.29 is 4.74 Å². The minimum atomic E-state index is -0.382. The van der Waals surface area contributed by atoms with Crippen LogP contribution in [0.25, 0.3) is 5.69 Å². The number of hydrogen-bond donors (Lipinski definition) is 0. The maximum Gasteiger partial charge on any atom is 0.250 e. The summed E-state index contributed by atoms with van der Waals surface area (Å²) in [5.74, 6) is 0.742. The molecule has 0 radical (unpaired) electrons. The van der Waals surface area contributed by atoms with Gasteiger partial charge in [0.05, 0.1) is 18.8 Å². The minimum Gasteiger partial charge on any atom is -0.367 e. The summed E-state index contributed by atoms with van der Waals surface area (Å²) in [5.41, 5.74) is 1.73. The Bertz CT molecular complexity index is 805. The first-order valence-electron chi connectivity index (χ1n) is 8.04. The highest BCUT2D eigenvalue weighted by atomic mass is 16.5. The molecule has 1 aromatic heterocycles. The fraction of sp³-hybridized carbons (Fsp3) is 0.278. The lowest BCUT2D eigenvalue weighted by Crippen LogP contribution is -2.49. The number of benzene rings is 2. The van der Waals surface area contributed by atoms with E-state index in [4.69, 9.17) is 4.74 Å². The van der Waals surface area contributed by atoms with Crippen LogP contribution in [0.5, 0.6) is 0 Å². The molecule has 1 aliphatic heterocycles. The van der Waals surface area contributed by atoms with E-state index in [1.54, 1.807) is 4.68 Å². The lowest BCUT2D eigenvalue weighted by molar-refractivity contribution is -0.0471. The van der Waals surface area contributed by atoms with Crippen molar-refractivity contribution in [2.75, 3.05) is 24.6 Å². The largest absolute Gasteiger partial charge is 0.367 e. The smallest absolute Gasteiger partial charge is 0.250 e. The van der Waals surface area contributed by atoms with E-state index in [0.29, 0.717) is 13.2 Å². The minimum absolute atomic E-state index is 0.382. The summed E-state index contributed by atoms with van der Waals surface area (Å²) in [7, 11) is 0. The normalized spacial score (nSPS) is 21.0. The SMILES string of the molecule is CC1(c2ccccc2)CN(c2nnnn2-c2ccccc2)CCO1. The van der Waals surface area contributed by atoms with Crippen LogP contribution in [0, 0.1) is 0 Å². The molecule has 1 aliphatic rings. The Morgan fingerprint density at radius 2 is 1.71 bits per heavy atom. The number of hydrogen-bond acceptors (Lipinski definition) is 5. The van der Waals surface area contributed by atoms with Crippen LogP contribution in [0.4, 0.5) is 5.95 Å². The van der Waals surface area contributed by atoms with Gasteiger partial charge in [0.15, 0.2) is 0 Å². The molecule has 0 spiro atoms. The third-order valence-corrected chi connectivity index (χ3v) is 4.40. The molecule has 6 heteroatoms. The van der Waals surface area contributed by atoms with Crippen molar-refractivity contribution in [3.63, 3.8) is 0 Å². The van der Waals surface area contributed by atoms with E-state index in [0.717, 1.165) is 23.7 Å². The average molecular weight is 321 g/mol. The molecule has 4 rings (SSSR count). The van der Waals surface area contributed by atoms with E-state index in [2.05, 4.69) is 39.5 Å². The van der Waals surface area contributed by atoms with E-state index in [9.17, 15) is 0 Å². The van der Waals surface area contributed by atoms with E-state index < -0.39 is 0 Å². The Kier molecular flexibility index (Phi) is 3.74. The maximum atomic E-state index is 6.11. The topological polar surface area (TPSA) is 56.1 Å². The van der Waals surface area contributed by atoms with Crippen molar-refractivity contribution in [3.8, 4) is 5.69 Å². The molecule has 0 aliphatic carbocycles. The molecule has 2 aromatic carbocycles. The molecule has 3 aromatic rings. The standard InChI is InChI=1S/C18H19N5O/c1-18(15-8-4-2-5-9-15)14-22(12-13-24-18)17-19-20-21-23(17)16-10-6-3-7-11-16/h2-11H,12-14H2,1H3. The number of rotatable bonds is 3. The summed E-state index contributed by atoms with van der Waals surface area (Å²) in [6.45, 7) is 4.21. The molecule has 2 heterocycles. The quantitative estimate of drug-likeness (QED) is 0.741. The fourth-order valence-electron chi connectivity index (χ4n) is 3.12. The zero-order chi connectivity index (χ0) is 16.4. The summed E-state index contributed by atoms with van der Waals surface area (Å²) in [6, 6.07) is 20.2. The van der Waals surface area contributed by atoms with Crippen molar-refractivity contribution in [1.29, 1.82) is 0 Å². The van der Waals surface area contributed by atoms with E-state index in [-0.39, 0.29) is 5.60 Å². The maximum absolute atomic E-state index is 6.11. The van der Waals surface area contributed by atoms with Crippen LogP contribution in [0.2, 0.25) is 0 Å². The first-order chi connectivity index (χ1) is 11.8. The number of morpholine rings is 1. The average Bonchev–Trinajstić information content (AvgIpc) is 3.13. The van der Waals surface area contributed by atoms with Gasteiger partial charge in [-0.2, -0.15) is 4.68 Å². The predicted molar refractivity (Wildman–Crippen MR) is 91.1 cm³/mol. The van der Waals surface area contributed by atoms with Gasteiger partial charge >= 0.3 is 0 Å². The van der Waals surface area contributed by atoms with Gasteiger partial charge in [0.25, 0.3) is 5.95 Å². The Balaban J connectivity index is 1.65.